The Morgan fingerprint density at radius 1 is 1.35 bits per heavy atom. The van der Waals surface area contributed by atoms with Crippen molar-refractivity contribution in [1.29, 1.82) is 0 Å². The number of carbonyl (C=O) groups is 1. The number of benzene rings is 1. The first-order valence-corrected chi connectivity index (χ1v) is 8.56. The lowest BCUT2D eigenvalue weighted by atomic mass is 9.99. The second-order valence-corrected chi connectivity index (χ2v) is 6.82. The van der Waals surface area contributed by atoms with E-state index < -0.39 is 11.7 Å². The Morgan fingerprint density at radius 3 is 2.58 bits per heavy atom. The predicted molar refractivity (Wildman–Crippen MR) is 96.2 cm³/mol. The lowest BCUT2D eigenvalue weighted by Gasteiger charge is -2.18. The molecule has 148 valence electrons. The van der Waals surface area contributed by atoms with Crippen molar-refractivity contribution in [2.75, 3.05) is 0 Å². The van der Waals surface area contributed by atoms with Gasteiger partial charge in [0.15, 0.2) is 0 Å². The van der Waals surface area contributed by atoms with Gasteiger partial charge in [-0.15, -0.1) is 12.4 Å². The number of hydrogen-bond donors (Lipinski definition) is 2. The first-order chi connectivity index (χ1) is 11.7. The maximum absolute atomic E-state index is 13.3. The van der Waals surface area contributed by atoms with E-state index >= 15 is 0 Å². The van der Waals surface area contributed by atoms with Crippen LogP contribution >= 0.6 is 12.4 Å². The smallest absolute Gasteiger partial charge is 0.416 e. The highest BCUT2D eigenvalue weighted by Crippen LogP contribution is 2.35. The molecular formula is C18H26ClF3N2O2. The fourth-order valence-corrected chi connectivity index (χ4v) is 3.14. The van der Waals surface area contributed by atoms with Gasteiger partial charge in [0.05, 0.1) is 11.7 Å². The molecule has 0 bridgehead atoms. The van der Waals surface area contributed by atoms with Gasteiger partial charge >= 0.3 is 6.18 Å². The summed E-state index contributed by atoms with van der Waals surface area (Å²) in [5, 5.41) is 2.58. The maximum Gasteiger partial charge on any atom is 0.416 e. The van der Waals surface area contributed by atoms with Crippen LogP contribution in [0.3, 0.4) is 0 Å². The minimum Gasteiger partial charge on any atom is -0.491 e. The Bertz CT molecular complexity index is 609. The monoisotopic (exact) mass is 394 g/mol. The molecule has 1 aromatic carbocycles. The van der Waals surface area contributed by atoms with Crippen molar-refractivity contribution in [2.24, 2.45) is 11.7 Å². The highest BCUT2D eigenvalue weighted by molar-refractivity contribution is 5.85. The minimum atomic E-state index is -4.51. The molecule has 8 heteroatoms. The summed E-state index contributed by atoms with van der Waals surface area (Å²) in [6, 6.07) is 3.82. The van der Waals surface area contributed by atoms with Crippen LogP contribution in [0.5, 0.6) is 5.75 Å². The number of hydrogen-bond acceptors (Lipinski definition) is 3. The first-order valence-electron chi connectivity index (χ1n) is 8.56. The Balaban J connectivity index is 0.00000338. The van der Waals surface area contributed by atoms with E-state index in [-0.39, 0.29) is 60.7 Å². The van der Waals surface area contributed by atoms with Crippen LogP contribution < -0.4 is 15.8 Å². The highest BCUT2D eigenvalue weighted by Gasteiger charge is 2.34. The molecule has 0 aromatic heterocycles. The lowest BCUT2D eigenvalue weighted by Crippen LogP contribution is -2.31. The number of amides is 1. The van der Waals surface area contributed by atoms with Gasteiger partial charge in [0.2, 0.25) is 5.91 Å². The van der Waals surface area contributed by atoms with Gasteiger partial charge in [0.25, 0.3) is 0 Å². The van der Waals surface area contributed by atoms with E-state index in [9.17, 15) is 18.0 Å². The van der Waals surface area contributed by atoms with Crippen LogP contribution in [0.4, 0.5) is 13.2 Å². The van der Waals surface area contributed by atoms with E-state index in [1.807, 2.05) is 0 Å². The summed E-state index contributed by atoms with van der Waals surface area (Å²) in [6.45, 7) is 3.32. The van der Waals surface area contributed by atoms with E-state index in [2.05, 4.69) is 5.32 Å². The average Bonchev–Trinajstić information content (AvgIpc) is 2.89. The van der Waals surface area contributed by atoms with Gasteiger partial charge in [0.1, 0.15) is 5.75 Å². The lowest BCUT2D eigenvalue weighted by molar-refractivity contribution is -0.138. The molecule has 1 aliphatic rings. The topological polar surface area (TPSA) is 64.3 Å². The summed E-state index contributed by atoms with van der Waals surface area (Å²) in [7, 11) is 0. The fraction of sp³-hybridized carbons (Fsp3) is 0.611. The van der Waals surface area contributed by atoms with Crippen LogP contribution in [0.1, 0.15) is 50.7 Å². The van der Waals surface area contributed by atoms with Gasteiger partial charge in [-0.25, -0.2) is 0 Å². The third-order valence-corrected chi connectivity index (χ3v) is 4.40. The maximum atomic E-state index is 13.3. The Morgan fingerprint density at radius 2 is 2.04 bits per heavy atom. The number of ether oxygens (including phenoxy) is 1. The quantitative estimate of drug-likeness (QED) is 0.765. The van der Waals surface area contributed by atoms with E-state index in [0.29, 0.717) is 0 Å². The average molecular weight is 395 g/mol. The Kier molecular flexibility index (Phi) is 8.21. The zero-order valence-electron chi connectivity index (χ0n) is 14.9. The van der Waals surface area contributed by atoms with Crippen molar-refractivity contribution in [3.05, 3.63) is 29.3 Å². The van der Waals surface area contributed by atoms with E-state index in [4.69, 9.17) is 10.5 Å². The summed E-state index contributed by atoms with van der Waals surface area (Å²) in [5.41, 5.74) is 5.16. The molecule has 0 aliphatic heterocycles. The first kappa shape index (κ1) is 22.6. The van der Waals surface area contributed by atoms with Gasteiger partial charge < -0.3 is 15.8 Å². The molecule has 0 heterocycles. The van der Waals surface area contributed by atoms with Gasteiger partial charge in [0, 0.05) is 19.0 Å². The van der Waals surface area contributed by atoms with Gasteiger partial charge in [-0.3, -0.25) is 4.79 Å². The normalized spacial score (nSPS) is 20.0. The second kappa shape index (κ2) is 9.46. The standard InChI is InChI=1S/C18H25F3N2O2.ClH/c1-11(2)25-14-7-6-13(15(9-14)18(19,20)21)10-23-17(24)8-12-4-3-5-16(12)22;/h6-7,9,11-12,16H,3-5,8,10,22H2,1-2H3,(H,23,24);1H/t12-,16+;/m0./s1. The van der Waals surface area contributed by atoms with Gasteiger partial charge in [-0.05, 0) is 50.3 Å². The van der Waals surface area contributed by atoms with Crippen LogP contribution in [0.25, 0.3) is 0 Å². The zero-order valence-corrected chi connectivity index (χ0v) is 15.8. The Hall–Kier alpha value is -1.47. The molecule has 1 amide bonds. The van der Waals surface area contributed by atoms with Crippen molar-refractivity contribution in [2.45, 2.75) is 64.4 Å². The molecule has 26 heavy (non-hydrogen) atoms. The van der Waals surface area contributed by atoms with Gasteiger partial charge in [-0.1, -0.05) is 12.5 Å². The largest absolute Gasteiger partial charge is 0.491 e. The van der Waals surface area contributed by atoms with Crippen LogP contribution in [-0.2, 0) is 17.5 Å². The predicted octanol–water partition coefficient (Wildman–Crippen LogP) is 4.05. The van der Waals surface area contributed by atoms with Crippen LogP contribution in [-0.4, -0.2) is 18.1 Å². The van der Waals surface area contributed by atoms with Crippen LogP contribution in [0.15, 0.2) is 18.2 Å². The van der Waals surface area contributed by atoms with Crippen molar-refractivity contribution in [3.63, 3.8) is 0 Å². The zero-order chi connectivity index (χ0) is 18.6. The molecule has 1 aliphatic carbocycles. The van der Waals surface area contributed by atoms with E-state index in [1.165, 1.54) is 12.1 Å². The number of nitrogens with one attached hydrogen (secondary N) is 1. The molecule has 2 atom stereocenters. The third-order valence-electron chi connectivity index (χ3n) is 4.40. The van der Waals surface area contributed by atoms with E-state index in [1.54, 1.807) is 13.8 Å². The highest BCUT2D eigenvalue weighted by atomic mass is 35.5. The van der Waals surface area contributed by atoms with Crippen molar-refractivity contribution >= 4 is 18.3 Å². The summed E-state index contributed by atoms with van der Waals surface area (Å²) in [4.78, 5) is 12.0. The number of halogens is 4. The summed E-state index contributed by atoms with van der Waals surface area (Å²) in [6.07, 6.45) is -1.69. The second-order valence-electron chi connectivity index (χ2n) is 6.82. The van der Waals surface area contributed by atoms with Crippen LogP contribution in [0.2, 0.25) is 0 Å². The molecule has 0 unspecified atom stereocenters. The molecule has 0 spiro atoms. The fourth-order valence-electron chi connectivity index (χ4n) is 3.14. The molecule has 0 saturated heterocycles. The third kappa shape index (κ3) is 6.36. The Labute approximate surface area is 158 Å². The summed E-state index contributed by atoms with van der Waals surface area (Å²) >= 11 is 0. The minimum absolute atomic E-state index is 0. The SMILES string of the molecule is CC(C)Oc1ccc(CNC(=O)C[C@@H]2CCC[C@H]2N)c(C(F)(F)F)c1.Cl. The van der Waals surface area contributed by atoms with Crippen molar-refractivity contribution in [1.82, 2.24) is 5.32 Å². The molecule has 0 radical (unpaired) electrons. The summed E-state index contributed by atoms with van der Waals surface area (Å²) in [5.74, 6) is 0.0104. The molecular weight excluding hydrogens is 369 g/mol. The van der Waals surface area contributed by atoms with Crippen LogP contribution in [0, 0.1) is 5.92 Å². The van der Waals surface area contributed by atoms with E-state index in [0.717, 1.165) is 25.3 Å². The molecule has 2 rings (SSSR count). The number of nitrogens with two attached hydrogens (primary N) is 1. The van der Waals surface area contributed by atoms with Gasteiger partial charge in [-0.2, -0.15) is 13.2 Å². The molecule has 1 fully saturated rings. The number of rotatable bonds is 6. The number of alkyl halides is 3. The molecule has 1 aromatic rings. The number of carbonyl (C=O) groups excluding carboxylic acids is 1. The van der Waals surface area contributed by atoms with Crippen molar-refractivity contribution < 1.29 is 22.7 Å². The molecule has 4 nitrogen and oxygen atoms in total. The van der Waals surface area contributed by atoms with Crippen molar-refractivity contribution in [3.8, 4) is 5.75 Å². The molecule has 1 saturated carbocycles. The molecule has 3 N–H and O–H groups in total. The summed E-state index contributed by atoms with van der Waals surface area (Å²) < 4.78 is 45.2.